The summed E-state index contributed by atoms with van der Waals surface area (Å²) >= 11 is 1.67. The van der Waals surface area contributed by atoms with Crippen LogP contribution in [0.3, 0.4) is 0 Å². The van der Waals surface area contributed by atoms with E-state index in [-0.39, 0.29) is 23.2 Å². The molecule has 2 aromatic carbocycles. The molecule has 0 unspecified atom stereocenters. The number of amides is 2. The van der Waals surface area contributed by atoms with Crippen LogP contribution in [0.15, 0.2) is 54.6 Å². The van der Waals surface area contributed by atoms with Crippen molar-refractivity contribution in [1.82, 2.24) is 10.2 Å². The fraction of sp³-hybridized carbons (Fsp3) is 0.263. The number of benzene rings is 2. The van der Waals surface area contributed by atoms with Crippen molar-refractivity contribution in [2.75, 3.05) is 12.3 Å². The summed E-state index contributed by atoms with van der Waals surface area (Å²) in [6, 6.07) is 17.3. The van der Waals surface area contributed by atoms with Crippen molar-refractivity contribution in [3.8, 4) is 0 Å². The summed E-state index contributed by atoms with van der Waals surface area (Å²) in [7, 11) is 0. The van der Waals surface area contributed by atoms with E-state index in [1.807, 2.05) is 54.6 Å². The van der Waals surface area contributed by atoms with Gasteiger partial charge in [-0.15, -0.1) is 11.8 Å². The van der Waals surface area contributed by atoms with Gasteiger partial charge in [-0.05, 0) is 23.6 Å². The zero-order chi connectivity index (χ0) is 16.5. The van der Waals surface area contributed by atoms with Crippen molar-refractivity contribution in [3.05, 3.63) is 71.3 Å². The lowest BCUT2D eigenvalue weighted by atomic mass is 10.1. The highest BCUT2D eigenvalue weighted by atomic mass is 32.2. The zero-order valence-electron chi connectivity index (χ0n) is 13.1. The predicted molar refractivity (Wildman–Crippen MR) is 94.8 cm³/mol. The first-order valence-electron chi connectivity index (χ1n) is 8.10. The van der Waals surface area contributed by atoms with E-state index >= 15 is 0 Å². The molecule has 1 saturated heterocycles. The van der Waals surface area contributed by atoms with Crippen molar-refractivity contribution in [3.63, 3.8) is 0 Å². The first-order chi connectivity index (χ1) is 11.8. The minimum absolute atomic E-state index is 0.0152. The number of nitrogens with one attached hydrogen (secondary N) is 1. The van der Waals surface area contributed by atoms with Crippen LogP contribution in [0, 0.1) is 0 Å². The maximum Gasteiger partial charge on any atom is 0.256 e. The smallest absolute Gasteiger partial charge is 0.256 e. The van der Waals surface area contributed by atoms with E-state index in [9.17, 15) is 9.59 Å². The second kappa shape index (κ2) is 6.32. The number of rotatable bonds is 4. The van der Waals surface area contributed by atoms with Crippen LogP contribution in [0.2, 0.25) is 0 Å². The molecule has 1 fully saturated rings. The summed E-state index contributed by atoms with van der Waals surface area (Å²) in [6.45, 7) is 0.587. The lowest BCUT2D eigenvalue weighted by Gasteiger charge is -2.22. The van der Waals surface area contributed by atoms with Crippen molar-refractivity contribution in [1.29, 1.82) is 0 Å². The Labute approximate surface area is 145 Å². The molecule has 0 saturated carbocycles. The number of carbonyl (C=O) groups excluding carboxylic acids is 2. The van der Waals surface area contributed by atoms with E-state index in [1.54, 1.807) is 16.7 Å². The normalized spacial score (nSPS) is 21.5. The molecule has 5 heteroatoms. The van der Waals surface area contributed by atoms with Gasteiger partial charge in [0, 0.05) is 17.9 Å². The molecule has 2 heterocycles. The van der Waals surface area contributed by atoms with Gasteiger partial charge in [0.15, 0.2) is 0 Å². The largest absolute Gasteiger partial charge is 0.354 e. The third-order valence-corrected chi connectivity index (χ3v) is 5.86. The van der Waals surface area contributed by atoms with Crippen LogP contribution < -0.4 is 5.32 Å². The average molecular weight is 338 g/mol. The molecule has 2 atom stereocenters. The molecule has 0 bridgehead atoms. The molecule has 4 nitrogen and oxygen atoms in total. The second-order valence-corrected chi connectivity index (χ2v) is 7.14. The van der Waals surface area contributed by atoms with Crippen LogP contribution in [-0.4, -0.2) is 35.1 Å². The lowest BCUT2D eigenvalue weighted by molar-refractivity contribution is -0.124. The Morgan fingerprint density at radius 2 is 1.88 bits per heavy atom. The van der Waals surface area contributed by atoms with Gasteiger partial charge in [0.05, 0.1) is 0 Å². The first kappa shape index (κ1) is 15.3. The summed E-state index contributed by atoms with van der Waals surface area (Å²) in [5.41, 5.74) is 2.96. The Hall–Kier alpha value is -2.27. The third-order valence-electron chi connectivity index (χ3n) is 4.55. The van der Waals surface area contributed by atoms with Gasteiger partial charge < -0.3 is 10.2 Å². The maximum atomic E-state index is 12.6. The fourth-order valence-electron chi connectivity index (χ4n) is 3.33. The summed E-state index contributed by atoms with van der Waals surface area (Å²) in [6.07, 6.45) is 0.796. The first-order valence-corrected chi connectivity index (χ1v) is 9.15. The number of hydrogen-bond donors (Lipinski definition) is 1. The molecular weight excluding hydrogens is 320 g/mol. The van der Waals surface area contributed by atoms with Crippen molar-refractivity contribution < 1.29 is 9.59 Å². The second-order valence-electron chi connectivity index (χ2n) is 6.03. The molecule has 24 heavy (non-hydrogen) atoms. The van der Waals surface area contributed by atoms with E-state index in [0.29, 0.717) is 12.3 Å². The van der Waals surface area contributed by atoms with E-state index in [1.165, 1.54) is 5.56 Å². The standard InChI is InChI=1S/C19H18N2O2S/c22-17(20-11-10-13-6-2-1-3-7-13)16-12-24-19-15-9-5-4-8-14(15)18(23)21(16)19/h1-9,16,19H,10-12H2,(H,20,22)/t16-,19+/m1/s1. The number of fused-ring (bicyclic) bond motifs is 3. The van der Waals surface area contributed by atoms with E-state index in [2.05, 4.69) is 5.32 Å². The number of thioether (sulfide) groups is 1. The molecule has 4 rings (SSSR count). The molecule has 0 aliphatic carbocycles. The minimum Gasteiger partial charge on any atom is -0.354 e. The average Bonchev–Trinajstić information content (AvgIpc) is 3.17. The SMILES string of the molecule is O=C(NCCc1ccccc1)[C@H]1CS[C@H]2c3ccccc3C(=O)N12. The highest BCUT2D eigenvalue weighted by Crippen LogP contribution is 2.47. The van der Waals surface area contributed by atoms with E-state index in [0.717, 1.165) is 17.5 Å². The summed E-state index contributed by atoms with van der Waals surface area (Å²) < 4.78 is 0. The topological polar surface area (TPSA) is 49.4 Å². The van der Waals surface area contributed by atoms with Gasteiger partial charge in [-0.3, -0.25) is 9.59 Å². The Morgan fingerprint density at radius 3 is 2.71 bits per heavy atom. The van der Waals surface area contributed by atoms with Crippen molar-refractivity contribution in [2.24, 2.45) is 0 Å². The molecule has 0 aromatic heterocycles. The predicted octanol–water partition coefficient (Wildman–Crippen LogP) is 2.62. The van der Waals surface area contributed by atoms with Gasteiger partial charge in [-0.1, -0.05) is 48.5 Å². The highest BCUT2D eigenvalue weighted by molar-refractivity contribution is 7.99. The van der Waals surface area contributed by atoms with E-state index < -0.39 is 0 Å². The molecule has 2 aliphatic heterocycles. The fourth-order valence-corrected chi connectivity index (χ4v) is 4.80. The van der Waals surface area contributed by atoms with E-state index in [4.69, 9.17) is 0 Å². The number of hydrogen-bond acceptors (Lipinski definition) is 3. The van der Waals surface area contributed by atoms with Gasteiger partial charge in [0.25, 0.3) is 5.91 Å². The summed E-state index contributed by atoms with van der Waals surface area (Å²) in [4.78, 5) is 26.9. The molecule has 0 spiro atoms. The highest BCUT2D eigenvalue weighted by Gasteiger charge is 2.48. The van der Waals surface area contributed by atoms with Gasteiger partial charge in [-0.2, -0.15) is 0 Å². The third kappa shape index (κ3) is 2.59. The van der Waals surface area contributed by atoms with Crippen molar-refractivity contribution in [2.45, 2.75) is 17.8 Å². The molecule has 122 valence electrons. The van der Waals surface area contributed by atoms with Crippen LogP contribution in [-0.2, 0) is 11.2 Å². The Kier molecular flexibility index (Phi) is 4.02. The van der Waals surface area contributed by atoms with Gasteiger partial charge >= 0.3 is 0 Å². The maximum absolute atomic E-state index is 12.6. The van der Waals surface area contributed by atoms with Crippen LogP contribution in [0.1, 0.15) is 26.9 Å². The molecule has 2 aliphatic rings. The molecule has 2 aromatic rings. The van der Waals surface area contributed by atoms with Crippen LogP contribution in [0.4, 0.5) is 0 Å². The zero-order valence-corrected chi connectivity index (χ0v) is 14.0. The lowest BCUT2D eigenvalue weighted by Crippen LogP contribution is -2.46. The minimum atomic E-state index is -0.379. The quantitative estimate of drug-likeness (QED) is 0.932. The van der Waals surface area contributed by atoms with Crippen LogP contribution >= 0.6 is 11.8 Å². The summed E-state index contributed by atoms with van der Waals surface area (Å²) in [5, 5.41) is 2.97. The van der Waals surface area contributed by atoms with Gasteiger partial charge in [0.2, 0.25) is 5.91 Å². The molecular formula is C19H18N2O2S. The molecule has 1 N–H and O–H groups in total. The number of carbonyl (C=O) groups is 2. The summed E-state index contributed by atoms with van der Waals surface area (Å²) in [5.74, 6) is 0.577. The number of nitrogens with zero attached hydrogens (tertiary/aromatic N) is 1. The Morgan fingerprint density at radius 1 is 1.12 bits per heavy atom. The van der Waals surface area contributed by atoms with Crippen LogP contribution in [0.5, 0.6) is 0 Å². The van der Waals surface area contributed by atoms with Gasteiger partial charge in [-0.25, -0.2) is 0 Å². The van der Waals surface area contributed by atoms with Gasteiger partial charge in [0.1, 0.15) is 11.4 Å². The van der Waals surface area contributed by atoms with Crippen molar-refractivity contribution >= 4 is 23.6 Å². The molecule has 0 radical (unpaired) electrons. The Balaban J connectivity index is 1.41. The van der Waals surface area contributed by atoms with Crippen LogP contribution in [0.25, 0.3) is 0 Å². The monoisotopic (exact) mass is 338 g/mol. The Bertz CT molecular complexity index is 778. The molecule has 2 amide bonds.